The highest BCUT2D eigenvalue weighted by Gasteiger charge is 2.23. The van der Waals surface area contributed by atoms with Crippen LogP contribution in [0.4, 0.5) is 0 Å². The van der Waals surface area contributed by atoms with Gasteiger partial charge in [0.25, 0.3) is 5.91 Å². The van der Waals surface area contributed by atoms with Crippen molar-refractivity contribution in [3.8, 4) is 0 Å². The maximum absolute atomic E-state index is 13.2. The number of carbonyl (C=O) groups is 1. The van der Waals surface area contributed by atoms with Crippen molar-refractivity contribution in [1.29, 1.82) is 0 Å². The van der Waals surface area contributed by atoms with Gasteiger partial charge in [0.05, 0.1) is 15.1 Å². The van der Waals surface area contributed by atoms with Crippen molar-refractivity contribution in [2.45, 2.75) is 51.0 Å². The maximum Gasteiger partial charge on any atom is 0.279 e. The van der Waals surface area contributed by atoms with Gasteiger partial charge in [-0.25, -0.2) is 8.42 Å². The van der Waals surface area contributed by atoms with E-state index in [1.807, 2.05) is 36.6 Å². The van der Waals surface area contributed by atoms with Gasteiger partial charge in [-0.2, -0.15) is 9.30 Å². The summed E-state index contributed by atoms with van der Waals surface area (Å²) in [4.78, 5) is 18.0. The average molecular weight is 565 g/mol. The molecule has 6 nitrogen and oxygen atoms in total. The summed E-state index contributed by atoms with van der Waals surface area (Å²) in [5.41, 5.74) is 1.32. The van der Waals surface area contributed by atoms with Crippen LogP contribution in [0.25, 0.3) is 10.2 Å². The molecule has 0 bridgehead atoms. The number of amides is 1. The molecule has 0 N–H and O–H groups in total. The number of unbranched alkanes of at least 4 members (excludes halogenated alkanes) is 2. The summed E-state index contributed by atoms with van der Waals surface area (Å²) in [6.07, 6.45) is 5.24. The summed E-state index contributed by atoms with van der Waals surface area (Å²) in [7, 11) is -3.61. The van der Waals surface area contributed by atoms with Crippen LogP contribution in [-0.4, -0.2) is 36.3 Å². The van der Waals surface area contributed by atoms with Crippen LogP contribution in [0.5, 0.6) is 0 Å². The first-order valence-electron chi connectivity index (χ1n) is 11.4. The van der Waals surface area contributed by atoms with E-state index in [1.54, 1.807) is 10.4 Å². The topological polar surface area (TPSA) is 71.7 Å². The fourth-order valence-corrected chi connectivity index (χ4v) is 6.64. The molecule has 2 aromatic carbocycles. The van der Waals surface area contributed by atoms with Gasteiger partial charge in [-0.3, -0.25) is 4.79 Å². The molecule has 3 rings (SSSR count). The summed E-state index contributed by atoms with van der Waals surface area (Å²) in [6.45, 7) is 9.42. The van der Waals surface area contributed by atoms with E-state index in [0.717, 1.165) is 40.4 Å². The first kappa shape index (κ1) is 26.5. The predicted molar refractivity (Wildman–Crippen MR) is 143 cm³/mol. The van der Waals surface area contributed by atoms with Crippen molar-refractivity contribution in [3.05, 3.63) is 70.0 Å². The third kappa shape index (κ3) is 6.13. The Labute approximate surface area is 213 Å². The summed E-state index contributed by atoms with van der Waals surface area (Å²) in [6, 6.07) is 12.0. The molecule has 0 saturated carbocycles. The third-order valence-electron chi connectivity index (χ3n) is 5.41. The molecule has 0 aliphatic rings. The summed E-state index contributed by atoms with van der Waals surface area (Å²) >= 11 is 4.90. The molecule has 3 aromatic rings. The normalized spacial score (nSPS) is 12.5. The van der Waals surface area contributed by atoms with E-state index in [1.165, 1.54) is 35.6 Å². The van der Waals surface area contributed by atoms with Gasteiger partial charge in [0, 0.05) is 29.7 Å². The van der Waals surface area contributed by atoms with Gasteiger partial charge in [-0.05, 0) is 55.3 Å². The molecule has 1 aromatic heterocycles. The SMILES string of the molecule is C=CCn1c(=NC(=O)c2ccc(S(=O)(=O)N(CCCC)CCCC)cc2)sc2cc(Br)ccc21. The number of allylic oxidation sites excluding steroid dienone is 1. The summed E-state index contributed by atoms with van der Waals surface area (Å²) in [5.74, 6) is -0.416. The molecule has 0 fully saturated rings. The zero-order valence-electron chi connectivity index (χ0n) is 19.5. The Morgan fingerprint density at radius 1 is 1.12 bits per heavy atom. The number of sulfonamides is 1. The Morgan fingerprint density at radius 2 is 1.76 bits per heavy atom. The average Bonchev–Trinajstić information content (AvgIpc) is 3.15. The van der Waals surface area contributed by atoms with E-state index in [0.29, 0.717) is 30.0 Å². The molecule has 0 atom stereocenters. The third-order valence-corrected chi connectivity index (χ3v) is 8.86. The van der Waals surface area contributed by atoms with E-state index in [-0.39, 0.29) is 4.90 Å². The Kier molecular flexibility index (Phi) is 9.41. The minimum absolute atomic E-state index is 0.199. The van der Waals surface area contributed by atoms with Gasteiger partial charge in [0.15, 0.2) is 4.80 Å². The number of halogens is 1. The summed E-state index contributed by atoms with van der Waals surface area (Å²) in [5, 5.41) is 0. The Morgan fingerprint density at radius 3 is 2.35 bits per heavy atom. The summed E-state index contributed by atoms with van der Waals surface area (Å²) < 4.78 is 31.8. The molecule has 1 heterocycles. The lowest BCUT2D eigenvalue weighted by molar-refractivity contribution is 0.0997. The lowest BCUT2D eigenvalue weighted by Crippen LogP contribution is -2.33. The number of aromatic nitrogens is 1. The van der Waals surface area contributed by atoms with Crippen LogP contribution in [0.15, 0.2) is 69.5 Å². The molecule has 182 valence electrons. The second-order valence-electron chi connectivity index (χ2n) is 7.95. The van der Waals surface area contributed by atoms with Gasteiger partial charge in [-0.15, -0.1) is 6.58 Å². The standard InChI is InChI=1S/C25H30BrN3O3S2/c1-4-7-16-28(17-8-5-2)34(31,32)21-12-9-19(10-13-21)24(30)27-25-29(15-6-3)22-14-11-20(26)18-23(22)33-25/h6,9-14,18H,3-5,7-8,15-17H2,1-2H3. The van der Waals surface area contributed by atoms with E-state index in [9.17, 15) is 13.2 Å². The van der Waals surface area contributed by atoms with Crippen molar-refractivity contribution in [2.75, 3.05) is 13.1 Å². The van der Waals surface area contributed by atoms with Crippen LogP contribution in [0.2, 0.25) is 0 Å². The maximum atomic E-state index is 13.2. The quantitative estimate of drug-likeness (QED) is 0.269. The number of rotatable bonds is 11. The van der Waals surface area contributed by atoms with E-state index in [4.69, 9.17) is 0 Å². The van der Waals surface area contributed by atoms with Crippen LogP contribution in [-0.2, 0) is 16.6 Å². The van der Waals surface area contributed by atoms with Crippen LogP contribution in [0.3, 0.4) is 0 Å². The highest BCUT2D eigenvalue weighted by Crippen LogP contribution is 2.23. The number of benzene rings is 2. The molecule has 0 aliphatic heterocycles. The molecule has 0 saturated heterocycles. The molecule has 34 heavy (non-hydrogen) atoms. The van der Waals surface area contributed by atoms with Gasteiger partial charge in [0.1, 0.15) is 0 Å². The van der Waals surface area contributed by atoms with Crippen LogP contribution >= 0.6 is 27.3 Å². The largest absolute Gasteiger partial charge is 0.312 e. The number of fused-ring (bicyclic) bond motifs is 1. The van der Waals surface area contributed by atoms with Crippen molar-refractivity contribution < 1.29 is 13.2 Å². The first-order chi connectivity index (χ1) is 16.3. The Bertz CT molecular complexity index is 1320. The zero-order chi connectivity index (χ0) is 24.7. The lowest BCUT2D eigenvalue weighted by Gasteiger charge is -2.22. The highest BCUT2D eigenvalue weighted by molar-refractivity contribution is 9.10. The molecule has 0 unspecified atom stereocenters. The molecule has 1 amide bonds. The Balaban J connectivity index is 1.91. The van der Waals surface area contributed by atoms with E-state index >= 15 is 0 Å². The fourth-order valence-electron chi connectivity index (χ4n) is 3.53. The molecule has 0 spiro atoms. The minimum Gasteiger partial charge on any atom is -0.312 e. The van der Waals surface area contributed by atoms with Gasteiger partial charge < -0.3 is 4.57 Å². The van der Waals surface area contributed by atoms with E-state index < -0.39 is 15.9 Å². The smallest absolute Gasteiger partial charge is 0.279 e. The first-order valence-corrected chi connectivity index (χ1v) is 14.5. The number of hydrogen-bond acceptors (Lipinski definition) is 4. The number of hydrogen-bond donors (Lipinski definition) is 0. The van der Waals surface area contributed by atoms with Crippen LogP contribution < -0.4 is 4.80 Å². The number of carbonyl (C=O) groups excluding carboxylic acids is 1. The van der Waals surface area contributed by atoms with Gasteiger partial charge in [-0.1, -0.05) is 60.0 Å². The number of nitrogens with zero attached hydrogens (tertiary/aromatic N) is 3. The molecule has 0 aliphatic carbocycles. The second-order valence-corrected chi connectivity index (χ2v) is 11.8. The highest BCUT2D eigenvalue weighted by atomic mass is 79.9. The lowest BCUT2D eigenvalue weighted by atomic mass is 10.2. The molecule has 0 radical (unpaired) electrons. The second kappa shape index (κ2) is 12.1. The molecular weight excluding hydrogens is 534 g/mol. The van der Waals surface area contributed by atoms with Gasteiger partial charge >= 0.3 is 0 Å². The van der Waals surface area contributed by atoms with Crippen molar-refractivity contribution in [3.63, 3.8) is 0 Å². The zero-order valence-corrected chi connectivity index (χ0v) is 22.8. The fraction of sp³-hybridized carbons (Fsp3) is 0.360. The molecule has 9 heteroatoms. The van der Waals surface area contributed by atoms with Crippen molar-refractivity contribution >= 4 is 53.4 Å². The van der Waals surface area contributed by atoms with E-state index in [2.05, 4.69) is 27.5 Å². The number of thiazole rings is 1. The van der Waals surface area contributed by atoms with Crippen LogP contribution in [0.1, 0.15) is 49.9 Å². The van der Waals surface area contributed by atoms with Crippen molar-refractivity contribution in [1.82, 2.24) is 8.87 Å². The van der Waals surface area contributed by atoms with Gasteiger partial charge in [0.2, 0.25) is 10.0 Å². The monoisotopic (exact) mass is 563 g/mol. The molecular formula is C25H30BrN3O3S2. The predicted octanol–water partition coefficient (Wildman–Crippen LogP) is 5.98. The Hall–Kier alpha value is -2.07. The van der Waals surface area contributed by atoms with Crippen LogP contribution in [0, 0.1) is 0 Å². The van der Waals surface area contributed by atoms with Crippen molar-refractivity contribution in [2.24, 2.45) is 4.99 Å². The minimum atomic E-state index is -3.61.